The normalized spacial score (nSPS) is 18.9. The van der Waals surface area contributed by atoms with Crippen LogP contribution in [0.3, 0.4) is 0 Å². The predicted octanol–water partition coefficient (Wildman–Crippen LogP) is 4.54. The summed E-state index contributed by atoms with van der Waals surface area (Å²) in [6, 6.07) is 0.578. The summed E-state index contributed by atoms with van der Waals surface area (Å²) < 4.78 is 0. The van der Waals surface area contributed by atoms with Gasteiger partial charge in [-0.3, -0.25) is 0 Å². The van der Waals surface area contributed by atoms with Gasteiger partial charge in [0.1, 0.15) is 0 Å². The van der Waals surface area contributed by atoms with E-state index in [9.17, 15) is 0 Å². The molecule has 1 fully saturated rings. The highest BCUT2D eigenvalue weighted by Gasteiger charge is 2.35. The van der Waals surface area contributed by atoms with Crippen molar-refractivity contribution in [3.63, 3.8) is 0 Å². The van der Waals surface area contributed by atoms with E-state index in [1.165, 1.54) is 36.4 Å². The lowest BCUT2D eigenvalue weighted by Crippen LogP contribution is -2.37. The van der Waals surface area contributed by atoms with Crippen molar-refractivity contribution in [1.82, 2.24) is 10.3 Å². The van der Waals surface area contributed by atoms with Crippen LogP contribution in [0.4, 0.5) is 0 Å². The largest absolute Gasteiger partial charge is 0.314 e. The average molecular weight is 295 g/mol. The van der Waals surface area contributed by atoms with E-state index in [4.69, 9.17) is 4.98 Å². The second-order valence-electron chi connectivity index (χ2n) is 7.80. The van der Waals surface area contributed by atoms with Crippen molar-refractivity contribution < 1.29 is 0 Å². The van der Waals surface area contributed by atoms with E-state index in [0.29, 0.717) is 11.5 Å². The smallest absolute Gasteiger partial charge is 0.0934 e. The fraction of sp³-hybridized carbons (Fsp3) is 0.824. The number of nitrogens with zero attached hydrogens (tertiary/aromatic N) is 1. The molecule has 1 aromatic rings. The van der Waals surface area contributed by atoms with Gasteiger partial charge < -0.3 is 5.32 Å². The molecule has 0 amide bonds. The van der Waals surface area contributed by atoms with Crippen LogP contribution in [0.2, 0.25) is 0 Å². The maximum atomic E-state index is 4.91. The van der Waals surface area contributed by atoms with Gasteiger partial charge in [0, 0.05) is 29.8 Å². The first-order valence-corrected chi connectivity index (χ1v) is 8.87. The van der Waals surface area contributed by atoms with Crippen LogP contribution in [0.25, 0.3) is 0 Å². The van der Waals surface area contributed by atoms with Gasteiger partial charge in [0.25, 0.3) is 0 Å². The molecule has 1 aliphatic rings. The molecule has 1 N–H and O–H groups in total. The molecule has 1 aliphatic carbocycles. The lowest BCUT2D eigenvalue weighted by atomic mass is 9.82. The third kappa shape index (κ3) is 4.05. The highest BCUT2D eigenvalue weighted by atomic mass is 32.1. The molecule has 2 nitrogen and oxygen atoms in total. The third-order valence-electron chi connectivity index (χ3n) is 4.40. The monoisotopic (exact) mass is 294 g/mol. The fourth-order valence-corrected chi connectivity index (χ4v) is 4.21. The molecule has 1 saturated carbocycles. The minimum absolute atomic E-state index is 0.174. The van der Waals surface area contributed by atoms with Gasteiger partial charge in [-0.15, -0.1) is 11.3 Å². The zero-order valence-corrected chi connectivity index (χ0v) is 14.6. The Morgan fingerprint density at radius 3 is 2.45 bits per heavy atom. The van der Waals surface area contributed by atoms with E-state index >= 15 is 0 Å². The quantitative estimate of drug-likeness (QED) is 0.862. The Balaban J connectivity index is 2.06. The lowest BCUT2D eigenvalue weighted by molar-refractivity contribution is 0.268. The molecule has 1 aromatic heterocycles. The SMILES string of the molecule is CC(C)NCC1(Cc2nc(C(C)(C)C)cs2)CCCC1. The van der Waals surface area contributed by atoms with E-state index in [1.54, 1.807) is 0 Å². The summed E-state index contributed by atoms with van der Waals surface area (Å²) in [5, 5.41) is 7.26. The van der Waals surface area contributed by atoms with E-state index in [2.05, 4.69) is 45.3 Å². The topological polar surface area (TPSA) is 24.9 Å². The van der Waals surface area contributed by atoms with Crippen LogP contribution in [-0.2, 0) is 11.8 Å². The number of thiazole rings is 1. The molecule has 0 aromatic carbocycles. The Hall–Kier alpha value is -0.410. The van der Waals surface area contributed by atoms with Crippen molar-refractivity contribution in [3.05, 3.63) is 16.1 Å². The number of rotatable bonds is 5. The Labute approximate surface area is 128 Å². The summed E-state index contributed by atoms with van der Waals surface area (Å²) in [5.74, 6) is 0. The summed E-state index contributed by atoms with van der Waals surface area (Å²) in [6.07, 6.45) is 6.65. The molecule has 0 radical (unpaired) electrons. The highest BCUT2D eigenvalue weighted by Crippen LogP contribution is 2.41. The highest BCUT2D eigenvalue weighted by molar-refractivity contribution is 7.09. The van der Waals surface area contributed by atoms with Gasteiger partial charge in [0.2, 0.25) is 0 Å². The van der Waals surface area contributed by atoms with Crippen LogP contribution in [0.1, 0.15) is 71.0 Å². The van der Waals surface area contributed by atoms with E-state index in [0.717, 1.165) is 13.0 Å². The lowest BCUT2D eigenvalue weighted by Gasteiger charge is -2.29. The van der Waals surface area contributed by atoms with Crippen LogP contribution in [0.5, 0.6) is 0 Å². The molecule has 3 heteroatoms. The summed E-state index contributed by atoms with van der Waals surface area (Å²) in [7, 11) is 0. The first kappa shape index (κ1) is 16.0. The molecule has 1 heterocycles. The van der Waals surface area contributed by atoms with Crippen molar-refractivity contribution in [2.45, 2.75) is 78.2 Å². The predicted molar refractivity (Wildman–Crippen MR) is 88.6 cm³/mol. The molecule has 0 spiro atoms. The number of nitrogens with one attached hydrogen (secondary N) is 1. The molecule has 0 atom stereocenters. The third-order valence-corrected chi connectivity index (χ3v) is 5.24. The maximum Gasteiger partial charge on any atom is 0.0934 e. The molecule has 0 bridgehead atoms. The van der Waals surface area contributed by atoms with Crippen molar-refractivity contribution >= 4 is 11.3 Å². The second kappa shape index (κ2) is 6.15. The Morgan fingerprint density at radius 1 is 1.30 bits per heavy atom. The first-order chi connectivity index (χ1) is 9.31. The molecule has 0 aliphatic heterocycles. The van der Waals surface area contributed by atoms with Crippen LogP contribution in [0, 0.1) is 5.41 Å². The second-order valence-corrected chi connectivity index (χ2v) is 8.74. The van der Waals surface area contributed by atoms with E-state index < -0.39 is 0 Å². The van der Waals surface area contributed by atoms with Gasteiger partial charge in [0.15, 0.2) is 0 Å². The minimum Gasteiger partial charge on any atom is -0.314 e. The zero-order chi connectivity index (χ0) is 14.8. The summed E-state index contributed by atoms with van der Waals surface area (Å²) in [5.41, 5.74) is 1.88. The standard InChI is InChI=1S/C17H30N2S/c1-13(2)18-12-17(8-6-7-9-17)10-15-19-14(11-20-15)16(3,4)5/h11,13,18H,6-10,12H2,1-5H3. The van der Waals surface area contributed by atoms with Gasteiger partial charge in [-0.1, -0.05) is 47.5 Å². The number of aromatic nitrogens is 1. The summed E-state index contributed by atoms with van der Waals surface area (Å²) in [6.45, 7) is 12.4. The van der Waals surface area contributed by atoms with E-state index in [1.807, 2.05) is 11.3 Å². The Bertz CT molecular complexity index is 422. The van der Waals surface area contributed by atoms with Gasteiger partial charge >= 0.3 is 0 Å². The Kier molecular flexibility index (Phi) is 4.91. The maximum absolute atomic E-state index is 4.91. The van der Waals surface area contributed by atoms with E-state index in [-0.39, 0.29) is 5.41 Å². The summed E-state index contributed by atoms with van der Waals surface area (Å²) >= 11 is 1.86. The fourth-order valence-electron chi connectivity index (χ4n) is 3.02. The minimum atomic E-state index is 0.174. The van der Waals surface area contributed by atoms with Crippen molar-refractivity contribution in [1.29, 1.82) is 0 Å². The zero-order valence-electron chi connectivity index (χ0n) is 13.8. The molecule has 0 saturated heterocycles. The van der Waals surface area contributed by atoms with Gasteiger partial charge in [-0.25, -0.2) is 4.98 Å². The molecule has 20 heavy (non-hydrogen) atoms. The number of hydrogen-bond donors (Lipinski definition) is 1. The van der Waals surface area contributed by atoms with Crippen LogP contribution in [-0.4, -0.2) is 17.6 Å². The van der Waals surface area contributed by atoms with Crippen LogP contribution in [0.15, 0.2) is 5.38 Å². The Morgan fingerprint density at radius 2 is 1.95 bits per heavy atom. The molecular formula is C17H30N2S. The van der Waals surface area contributed by atoms with Crippen LogP contribution < -0.4 is 5.32 Å². The van der Waals surface area contributed by atoms with Crippen molar-refractivity contribution in [2.75, 3.05) is 6.54 Å². The summed E-state index contributed by atoms with van der Waals surface area (Å²) in [4.78, 5) is 4.91. The van der Waals surface area contributed by atoms with Crippen molar-refractivity contribution in [3.8, 4) is 0 Å². The molecule has 2 rings (SSSR count). The number of hydrogen-bond acceptors (Lipinski definition) is 3. The van der Waals surface area contributed by atoms with Gasteiger partial charge in [-0.05, 0) is 18.3 Å². The molecule has 114 valence electrons. The van der Waals surface area contributed by atoms with Crippen molar-refractivity contribution in [2.24, 2.45) is 5.41 Å². The molecule has 0 unspecified atom stereocenters. The average Bonchev–Trinajstić information content (AvgIpc) is 2.96. The van der Waals surface area contributed by atoms with Crippen LogP contribution >= 0.6 is 11.3 Å². The van der Waals surface area contributed by atoms with Gasteiger partial charge in [-0.2, -0.15) is 0 Å². The molecular weight excluding hydrogens is 264 g/mol. The first-order valence-electron chi connectivity index (χ1n) is 7.99. The van der Waals surface area contributed by atoms with Gasteiger partial charge in [0.05, 0.1) is 10.7 Å².